The number of carbonyl (C=O) groups is 2. The van der Waals surface area contributed by atoms with Gasteiger partial charge in [-0.05, 0) is 30.2 Å². The Kier molecular flexibility index (Phi) is 4.83. The van der Waals surface area contributed by atoms with Crippen molar-refractivity contribution in [3.05, 3.63) is 71.7 Å². The van der Waals surface area contributed by atoms with Crippen LogP contribution in [0.15, 0.2) is 54.7 Å². The van der Waals surface area contributed by atoms with Gasteiger partial charge in [-0.3, -0.25) is 14.6 Å². The lowest BCUT2D eigenvalue weighted by atomic mass is 10.0. The molecule has 156 valence electrons. The summed E-state index contributed by atoms with van der Waals surface area (Å²) < 4.78 is 0. The molecule has 2 aromatic heterocycles. The molecule has 8 nitrogen and oxygen atoms in total. The Morgan fingerprint density at radius 1 is 1.13 bits per heavy atom. The van der Waals surface area contributed by atoms with Crippen molar-refractivity contribution >= 4 is 33.8 Å². The van der Waals surface area contributed by atoms with E-state index < -0.39 is 18.6 Å². The van der Waals surface area contributed by atoms with E-state index in [0.29, 0.717) is 30.5 Å². The second-order valence-electron chi connectivity index (χ2n) is 7.59. The van der Waals surface area contributed by atoms with Crippen molar-refractivity contribution in [1.29, 1.82) is 0 Å². The van der Waals surface area contributed by atoms with Crippen molar-refractivity contribution in [3.8, 4) is 0 Å². The standard InChI is InChI=1S/C23H21N5O3/c29-13-21(27-22(30)19-11-24-17-7-3-4-8-18(17)26-19)23(31)28-10-9-15-14-5-1-2-6-16(14)25-20(15)12-28/h1-8,11,21,25,29H,9-10,12-13H2,(H,27,30). The molecule has 1 aliphatic rings. The van der Waals surface area contributed by atoms with Crippen LogP contribution in [0, 0.1) is 0 Å². The van der Waals surface area contributed by atoms with Gasteiger partial charge in [-0.25, -0.2) is 4.98 Å². The highest BCUT2D eigenvalue weighted by Gasteiger charge is 2.30. The third-order valence-corrected chi connectivity index (χ3v) is 5.66. The van der Waals surface area contributed by atoms with Gasteiger partial charge in [0.25, 0.3) is 5.91 Å². The van der Waals surface area contributed by atoms with E-state index in [9.17, 15) is 14.7 Å². The van der Waals surface area contributed by atoms with Crippen molar-refractivity contribution in [2.24, 2.45) is 0 Å². The molecule has 0 saturated heterocycles. The van der Waals surface area contributed by atoms with Crippen LogP contribution in [0.5, 0.6) is 0 Å². The predicted molar refractivity (Wildman–Crippen MR) is 115 cm³/mol. The zero-order chi connectivity index (χ0) is 21.4. The van der Waals surface area contributed by atoms with Crippen LogP contribution < -0.4 is 5.32 Å². The van der Waals surface area contributed by atoms with Crippen LogP contribution in [0.2, 0.25) is 0 Å². The summed E-state index contributed by atoms with van der Waals surface area (Å²) in [5, 5.41) is 13.6. The van der Waals surface area contributed by atoms with Crippen molar-refractivity contribution < 1.29 is 14.7 Å². The van der Waals surface area contributed by atoms with Crippen LogP contribution in [-0.4, -0.2) is 56.0 Å². The molecule has 1 aliphatic heterocycles. The maximum absolute atomic E-state index is 13.0. The number of aliphatic hydroxyl groups excluding tert-OH is 1. The number of aliphatic hydroxyl groups is 1. The third kappa shape index (κ3) is 3.51. The molecule has 1 unspecified atom stereocenters. The maximum atomic E-state index is 13.0. The highest BCUT2D eigenvalue weighted by molar-refractivity contribution is 5.97. The van der Waals surface area contributed by atoms with Crippen LogP contribution in [0.1, 0.15) is 21.7 Å². The van der Waals surface area contributed by atoms with Crippen molar-refractivity contribution in [1.82, 2.24) is 25.2 Å². The summed E-state index contributed by atoms with van der Waals surface area (Å²) in [6, 6.07) is 14.2. The number of nitrogens with zero attached hydrogens (tertiary/aromatic N) is 3. The van der Waals surface area contributed by atoms with Crippen LogP contribution in [0.3, 0.4) is 0 Å². The third-order valence-electron chi connectivity index (χ3n) is 5.66. The lowest BCUT2D eigenvalue weighted by molar-refractivity contribution is -0.135. The van der Waals surface area contributed by atoms with Gasteiger partial charge in [-0.1, -0.05) is 30.3 Å². The Labute approximate surface area is 177 Å². The lowest BCUT2D eigenvalue weighted by Gasteiger charge is -2.30. The van der Waals surface area contributed by atoms with E-state index >= 15 is 0 Å². The van der Waals surface area contributed by atoms with Gasteiger partial charge < -0.3 is 20.3 Å². The van der Waals surface area contributed by atoms with Gasteiger partial charge in [0.1, 0.15) is 11.7 Å². The largest absolute Gasteiger partial charge is 0.394 e. The number of hydrogen-bond donors (Lipinski definition) is 3. The molecule has 2 aromatic carbocycles. The molecule has 3 heterocycles. The first-order chi connectivity index (χ1) is 15.1. The molecule has 0 bridgehead atoms. The maximum Gasteiger partial charge on any atom is 0.272 e. The summed E-state index contributed by atoms with van der Waals surface area (Å²) >= 11 is 0. The Bertz CT molecular complexity index is 1300. The van der Waals surface area contributed by atoms with Gasteiger partial charge in [0.2, 0.25) is 5.91 Å². The molecule has 3 N–H and O–H groups in total. The Hall–Kier alpha value is -3.78. The summed E-state index contributed by atoms with van der Waals surface area (Å²) in [6.45, 7) is 0.433. The van der Waals surface area contributed by atoms with Crippen LogP contribution in [0.4, 0.5) is 0 Å². The van der Waals surface area contributed by atoms with E-state index in [1.165, 1.54) is 17.1 Å². The van der Waals surface area contributed by atoms with E-state index in [2.05, 4.69) is 26.3 Å². The second kappa shape index (κ2) is 7.81. The lowest BCUT2D eigenvalue weighted by Crippen LogP contribution is -2.51. The zero-order valence-electron chi connectivity index (χ0n) is 16.7. The molecule has 1 atom stereocenters. The molecule has 5 rings (SSSR count). The number of aromatic amines is 1. The molecule has 2 amide bonds. The van der Waals surface area contributed by atoms with Crippen molar-refractivity contribution in [3.63, 3.8) is 0 Å². The summed E-state index contributed by atoms with van der Waals surface area (Å²) in [6.07, 6.45) is 2.08. The van der Waals surface area contributed by atoms with Crippen LogP contribution in [0.25, 0.3) is 21.9 Å². The topological polar surface area (TPSA) is 111 Å². The Balaban J connectivity index is 1.32. The molecule has 0 radical (unpaired) electrons. The minimum atomic E-state index is -1.05. The smallest absolute Gasteiger partial charge is 0.272 e. The van der Waals surface area contributed by atoms with Gasteiger partial charge in [0, 0.05) is 23.1 Å². The molecular formula is C23H21N5O3. The van der Waals surface area contributed by atoms with Gasteiger partial charge >= 0.3 is 0 Å². The number of fused-ring (bicyclic) bond motifs is 4. The number of benzene rings is 2. The first-order valence-corrected chi connectivity index (χ1v) is 10.1. The summed E-state index contributed by atoms with van der Waals surface area (Å²) in [5.74, 6) is -0.872. The summed E-state index contributed by atoms with van der Waals surface area (Å²) in [4.78, 5) is 39.3. The van der Waals surface area contributed by atoms with E-state index in [-0.39, 0.29) is 11.6 Å². The molecule has 4 aromatic rings. The quantitative estimate of drug-likeness (QED) is 0.471. The molecule has 0 spiro atoms. The van der Waals surface area contributed by atoms with Gasteiger partial charge in [-0.15, -0.1) is 0 Å². The highest BCUT2D eigenvalue weighted by atomic mass is 16.3. The van der Waals surface area contributed by atoms with Crippen LogP contribution in [-0.2, 0) is 17.8 Å². The number of aromatic nitrogens is 3. The Morgan fingerprint density at radius 3 is 2.74 bits per heavy atom. The number of H-pyrrole nitrogens is 1. The number of nitrogens with one attached hydrogen (secondary N) is 2. The molecule has 0 saturated carbocycles. The SMILES string of the molecule is O=C(NC(CO)C(=O)N1CCc2c([nH]c3ccccc23)C1)c1cnc2ccccc2n1. The predicted octanol–water partition coefficient (Wildman–Crippen LogP) is 1.79. The van der Waals surface area contributed by atoms with Crippen LogP contribution >= 0.6 is 0 Å². The Morgan fingerprint density at radius 2 is 1.90 bits per heavy atom. The monoisotopic (exact) mass is 415 g/mol. The first kappa shape index (κ1) is 19.2. The first-order valence-electron chi connectivity index (χ1n) is 10.1. The number of carbonyl (C=O) groups excluding carboxylic acids is 2. The molecule has 8 heteroatoms. The summed E-state index contributed by atoms with van der Waals surface area (Å²) in [5.41, 5.74) is 4.62. The number of amides is 2. The van der Waals surface area contributed by atoms with E-state index in [1.807, 2.05) is 30.3 Å². The molecular weight excluding hydrogens is 394 g/mol. The van der Waals surface area contributed by atoms with E-state index in [4.69, 9.17) is 0 Å². The number of hydrogen-bond acceptors (Lipinski definition) is 5. The average molecular weight is 415 g/mol. The fourth-order valence-electron chi connectivity index (χ4n) is 4.09. The van der Waals surface area contributed by atoms with Gasteiger partial charge in [0.15, 0.2) is 0 Å². The van der Waals surface area contributed by atoms with Gasteiger partial charge in [-0.2, -0.15) is 0 Å². The molecule has 31 heavy (non-hydrogen) atoms. The highest BCUT2D eigenvalue weighted by Crippen LogP contribution is 2.27. The fraction of sp³-hybridized carbons (Fsp3) is 0.217. The van der Waals surface area contributed by atoms with Crippen molar-refractivity contribution in [2.75, 3.05) is 13.2 Å². The second-order valence-corrected chi connectivity index (χ2v) is 7.59. The molecule has 0 fully saturated rings. The van der Waals surface area contributed by atoms with Crippen molar-refractivity contribution in [2.45, 2.75) is 19.0 Å². The van der Waals surface area contributed by atoms with Gasteiger partial charge in [0.05, 0.1) is 30.4 Å². The number of rotatable bonds is 4. The normalized spacial score (nSPS) is 14.4. The minimum absolute atomic E-state index is 0.0986. The fourth-order valence-corrected chi connectivity index (χ4v) is 4.09. The minimum Gasteiger partial charge on any atom is -0.394 e. The molecule has 0 aliphatic carbocycles. The average Bonchev–Trinajstić information content (AvgIpc) is 3.19. The van der Waals surface area contributed by atoms with E-state index in [1.54, 1.807) is 17.0 Å². The van der Waals surface area contributed by atoms with E-state index in [0.717, 1.165) is 11.2 Å². The summed E-state index contributed by atoms with van der Waals surface area (Å²) in [7, 11) is 0. The zero-order valence-corrected chi connectivity index (χ0v) is 16.7. The number of para-hydroxylation sites is 3.